The standard InChI is InChI=1S/C12H13N3O4/c1-15-11(13)8(5-14-15)6-3-7(12(17)18)10(19-2)4-9(6)16/h3-5,16H,13H2,1-2H3,(H,17,18). The Morgan fingerprint density at radius 1 is 1.42 bits per heavy atom. The third kappa shape index (κ3) is 2.05. The van der Waals surface area contributed by atoms with E-state index in [2.05, 4.69) is 5.10 Å². The van der Waals surface area contributed by atoms with Gasteiger partial charge in [-0.05, 0) is 6.07 Å². The average molecular weight is 263 g/mol. The summed E-state index contributed by atoms with van der Waals surface area (Å²) in [6.07, 6.45) is 1.46. The molecule has 1 aromatic carbocycles. The van der Waals surface area contributed by atoms with Crippen LogP contribution in [0.3, 0.4) is 0 Å². The Morgan fingerprint density at radius 2 is 2.11 bits per heavy atom. The van der Waals surface area contributed by atoms with E-state index < -0.39 is 5.97 Å². The second kappa shape index (κ2) is 4.52. The number of ether oxygens (including phenoxy) is 1. The van der Waals surface area contributed by atoms with Gasteiger partial charge in [0.05, 0.1) is 13.3 Å². The van der Waals surface area contributed by atoms with Gasteiger partial charge < -0.3 is 20.7 Å². The first kappa shape index (κ1) is 12.7. The number of benzene rings is 1. The van der Waals surface area contributed by atoms with Crippen LogP contribution in [0, 0.1) is 0 Å². The van der Waals surface area contributed by atoms with Gasteiger partial charge in [-0.1, -0.05) is 0 Å². The lowest BCUT2D eigenvalue weighted by Gasteiger charge is -2.10. The molecular weight excluding hydrogens is 250 g/mol. The Bertz CT molecular complexity index is 649. The maximum absolute atomic E-state index is 11.2. The molecule has 0 aliphatic carbocycles. The van der Waals surface area contributed by atoms with Crippen molar-refractivity contribution in [1.82, 2.24) is 9.78 Å². The minimum atomic E-state index is -1.15. The Kier molecular flexibility index (Phi) is 3.04. The summed E-state index contributed by atoms with van der Waals surface area (Å²) in [5, 5.41) is 23.0. The highest BCUT2D eigenvalue weighted by Crippen LogP contribution is 2.37. The van der Waals surface area contributed by atoms with Gasteiger partial charge in [-0.2, -0.15) is 5.10 Å². The fourth-order valence-corrected chi connectivity index (χ4v) is 1.78. The number of nitrogens with zero attached hydrogens (tertiary/aromatic N) is 2. The molecule has 0 bridgehead atoms. The summed E-state index contributed by atoms with van der Waals surface area (Å²) < 4.78 is 6.35. The van der Waals surface area contributed by atoms with E-state index in [0.29, 0.717) is 16.9 Å². The van der Waals surface area contributed by atoms with Gasteiger partial charge in [-0.25, -0.2) is 4.79 Å². The maximum Gasteiger partial charge on any atom is 0.339 e. The highest BCUT2D eigenvalue weighted by atomic mass is 16.5. The zero-order valence-corrected chi connectivity index (χ0v) is 10.4. The highest BCUT2D eigenvalue weighted by molar-refractivity contribution is 5.94. The molecule has 0 atom stereocenters. The van der Waals surface area contributed by atoms with Crippen LogP contribution >= 0.6 is 0 Å². The lowest BCUT2D eigenvalue weighted by atomic mass is 10.0. The summed E-state index contributed by atoms with van der Waals surface area (Å²) in [7, 11) is 2.98. The Morgan fingerprint density at radius 3 is 2.58 bits per heavy atom. The molecule has 19 heavy (non-hydrogen) atoms. The van der Waals surface area contributed by atoms with Crippen LogP contribution in [0.4, 0.5) is 5.82 Å². The van der Waals surface area contributed by atoms with Crippen molar-refractivity contribution in [2.24, 2.45) is 7.05 Å². The smallest absolute Gasteiger partial charge is 0.339 e. The second-order valence-corrected chi connectivity index (χ2v) is 3.94. The van der Waals surface area contributed by atoms with Crippen LogP contribution in [0.5, 0.6) is 11.5 Å². The molecule has 0 aliphatic heterocycles. The third-order valence-electron chi connectivity index (χ3n) is 2.82. The highest BCUT2D eigenvalue weighted by Gasteiger charge is 2.19. The van der Waals surface area contributed by atoms with Gasteiger partial charge in [0.1, 0.15) is 22.9 Å². The van der Waals surface area contributed by atoms with Gasteiger partial charge in [0, 0.05) is 24.2 Å². The van der Waals surface area contributed by atoms with E-state index in [0.717, 1.165) is 0 Å². The monoisotopic (exact) mass is 263 g/mol. The lowest BCUT2D eigenvalue weighted by Crippen LogP contribution is -2.02. The number of carbonyl (C=O) groups is 1. The summed E-state index contributed by atoms with van der Waals surface area (Å²) >= 11 is 0. The molecule has 0 unspecified atom stereocenters. The van der Waals surface area contributed by atoms with E-state index in [1.807, 2.05) is 0 Å². The number of nitrogens with two attached hydrogens (primary N) is 1. The fourth-order valence-electron chi connectivity index (χ4n) is 1.78. The van der Waals surface area contributed by atoms with Gasteiger partial charge >= 0.3 is 5.97 Å². The SMILES string of the molecule is COc1cc(O)c(-c2cnn(C)c2N)cc1C(=O)O. The van der Waals surface area contributed by atoms with E-state index >= 15 is 0 Å². The van der Waals surface area contributed by atoms with Gasteiger partial charge in [-0.3, -0.25) is 4.68 Å². The van der Waals surface area contributed by atoms with Crippen LogP contribution in [-0.4, -0.2) is 33.1 Å². The minimum absolute atomic E-state index is 0.0569. The van der Waals surface area contributed by atoms with Crippen LogP contribution in [-0.2, 0) is 7.05 Å². The zero-order valence-electron chi connectivity index (χ0n) is 10.4. The first-order chi connectivity index (χ1) is 8.95. The normalized spacial score (nSPS) is 10.4. The molecule has 7 heteroatoms. The first-order valence-corrected chi connectivity index (χ1v) is 5.37. The van der Waals surface area contributed by atoms with Crippen LogP contribution in [0.25, 0.3) is 11.1 Å². The molecule has 0 saturated carbocycles. The number of aromatic carboxylic acids is 1. The van der Waals surface area contributed by atoms with Crippen molar-refractivity contribution in [1.29, 1.82) is 0 Å². The lowest BCUT2D eigenvalue weighted by molar-refractivity contribution is 0.0693. The molecule has 0 radical (unpaired) electrons. The van der Waals surface area contributed by atoms with Crippen LogP contribution in [0.1, 0.15) is 10.4 Å². The molecule has 0 saturated heterocycles. The predicted octanol–water partition coefficient (Wildman–Crippen LogP) is 1.08. The number of aryl methyl sites for hydroxylation is 1. The third-order valence-corrected chi connectivity index (χ3v) is 2.82. The van der Waals surface area contributed by atoms with Gasteiger partial charge in [0.15, 0.2) is 0 Å². The van der Waals surface area contributed by atoms with Gasteiger partial charge in [0.25, 0.3) is 0 Å². The summed E-state index contributed by atoms with van der Waals surface area (Å²) in [5.74, 6) is -0.866. The number of carboxylic acid groups (broad SMARTS) is 1. The van der Waals surface area contributed by atoms with Crippen molar-refractivity contribution >= 4 is 11.8 Å². The Balaban J connectivity index is 2.68. The molecule has 0 aliphatic rings. The topological polar surface area (TPSA) is 111 Å². The molecule has 2 rings (SSSR count). The van der Waals surface area contributed by atoms with Crippen molar-refractivity contribution < 1.29 is 19.7 Å². The number of aromatic nitrogens is 2. The minimum Gasteiger partial charge on any atom is -0.507 e. The van der Waals surface area contributed by atoms with Crippen molar-refractivity contribution in [3.05, 3.63) is 23.9 Å². The molecule has 2 aromatic rings. The number of phenols is 1. The molecule has 4 N–H and O–H groups in total. The Labute approximate surface area is 108 Å². The molecule has 0 fully saturated rings. The van der Waals surface area contributed by atoms with Crippen molar-refractivity contribution in [2.75, 3.05) is 12.8 Å². The number of hydrogen-bond donors (Lipinski definition) is 3. The number of rotatable bonds is 3. The molecule has 1 heterocycles. The molecular formula is C12H13N3O4. The summed E-state index contributed by atoms with van der Waals surface area (Å²) in [6, 6.07) is 2.55. The van der Waals surface area contributed by atoms with Crippen LogP contribution in [0.2, 0.25) is 0 Å². The number of phenolic OH excluding ortho intramolecular Hbond substituents is 1. The summed E-state index contributed by atoms with van der Waals surface area (Å²) in [4.78, 5) is 11.2. The number of nitrogen functional groups attached to an aromatic ring is 1. The quantitative estimate of drug-likeness (QED) is 0.764. The summed E-state index contributed by atoms with van der Waals surface area (Å²) in [6.45, 7) is 0. The van der Waals surface area contributed by atoms with E-state index in [1.165, 1.54) is 30.1 Å². The predicted molar refractivity (Wildman–Crippen MR) is 68.2 cm³/mol. The van der Waals surface area contributed by atoms with Crippen molar-refractivity contribution in [3.63, 3.8) is 0 Å². The van der Waals surface area contributed by atoms with Crippen molar-refractivity contribution in [3.8, 4) is 22.6 Å². The van der Waals surface area contributed by atoms with Gasteiger partial charge in [-0.15, -0.1) is 0 Å². The molecule has 0 spiro atoms. The van der Waals surface area contributed by atoms with E-state index in [4.69, 9.17) is 15.6 Å². The largest absolute Gasteiger partial charge is 0.507 e. The summed E-state index contributed by atoms with van der Waals surface area (Å²) in [5.41, 5.74) is 6.51. The second-order valence-electron chi connectivity index (χ2n) is 3.94. The molecule has 100 valence electrons. The maximum atomic E-state index is 11.2. The zero-order chi connectivity index (χ0) is 14.2. The molecule has 0 amide bonds. The number of methoxy groups -OCH3 is 1. The Hall–Kier alpha value is -2.70. The van der Waals surface area contributed by atoms with E-state index in [1.54, 1.807) is 7.05 Å². The number of hydrogen-bond acceptors (Lipinski definition) is 5. The van der Waals surface area contributed by atoms with Crippen LogP contribution in [0.15, 0.2) is 18.3 Å². The number of aromatic hydroxyl groups is 1. The fraction of sp³-hybridized carbons (Fsp3) is 0.167. The average Bonchev–Trinajstić information content (AvgIpc) is 2.69. The number of carboxylic acids is 1. The molecule has 1 aromatic heterocycles. The number of anilines is 1. The first-order valence-electron chi connectivity index (χ1n) is 5.37. The van der Waals surface area contributed by atoms with Gasteiger partial charge in [0.2, 0.25) is 0 Å². The van der Waals surface area contributed by atoms with Crippen molar-refractivity contribution in [2.45, 2.75) is 0 Å². The van der Waals surface area contributed by atoms with E-state index in [-0.39, 0.29) is 17.1 Å². The van der Waals surface area contributed by atoms with E-state index in [9.17, 15) is 9.90 Å². The van der Waals surface area contributed by atoms with Crippen LogP contribution < -0.4 is 10.5 Å². The molecule has 7 nitrogen and oxygen atoms in total.